The van der Waals surface area contributed by atoms with Crippen LogP contribution in [0.1, 0.15) is 42.9 Å². The zero-order chi connectivity index (χ0) is 18.7. The first-order chi connectivity index (χ1) is 12.5. The van der Waals surface area contributed by atoms with Crippen molar-refractivity contribution in [2.75, 3.05) is 12.4 Å². The van der Waals surface area contributed by atoms with Crippen molar-refractivity contribution in [1.29, 1.82) is 0 Å². The van der Waals surface area contributed by atoms with Gasteiger partial charge in [0.2, 0.25) is 5.95 Å². The summed E-state index contributed by atoms with van der Waals surface area (Å²) in [5.74, 6) is 1.03. The van der Waals surface area contributed by atoms with Gasteiger partial charge in [0.25, 0.3) is 0 Å². The van der Waals surface area contributed by atoms with Crippen molar-refractivity contribution >= 4 is 28.6 Å². The summed E-state index contributed by atoms with van der Waals surface area (Å²) in [6, 6.07) is 12.5. The SMILES string of the molecule is COC(=O)CCc1cc2nc(Nc3ccc(C(C)C)cc3)[nH]c2cc1C. The Hall–Kier alpha value is -2.82. The van der Waals surface area contributed by atoms with Gasteiger partial charge in [0, 0.05) is 12.1 Å². The largest absolute Gasteiger partial charge is 0.469 e. The number of hydrogen-bond donors (Lipinski definition) is 2. The summed E-state index contributed by atoms with van der Waals surface area (Å²) in [5.41, 5.74) is 6.42. The second-order valence-corrected chi connectivity index (χ2v) is 6.86. The quantitative estimate of drug-likeness (QED) is 0.623. The maximum Gasteiger partial charge on any atom is 0.305 e. The molecule has 0 unspecified atom stereocenters. The van der Waals surface area contributed by atoms with Crippen molar-refractivity contribution in [2.45, 2.75) is 39.5 Å². The fourth-order valence-electron chi connectivity index (χ4n) is 2.96. The fourth-order valence-corrected chi connectivity index (χ4v) is 2.96. The molecular formula is C21H25N3O2. The molecule has 0 aliphatic rings. The molecule has 3 aromatic rings. The number of benzene rings is 2. The molecule has 0 fully saturated rings. The summed E-state index contributed by atoms with van der Waals surface area (Å²) in [6.45, 7) is 6.41. The molecule has 1 heterocycles. The van der Waals surface area contributed by atoms with Gasteiger partial charge in [0.05, 0.1) is 18.1 Å². The molecule has 2 N–H and O–H groups in total. The van der Waals surface area contributed by atoms with Crippen LogP contribution in [0.4, 0.5) is 11.6 Å². The van der Waals surface area contributed by atoms with Crippen LogP contribution in [0.3, 0.4) is 0 Å². The third-order valence-electron chi connectivity index (χ3n) is 4.61. The third kappa shape index (κ3) is 4.04. The minimum Gasteiger partial charge on any atom is -0.469 e. The van der Waals surface area contributed by atoms with Crippen LogP contribution in [0.2, 0.25) is 0 Å². The molecular weight excluding hydrogens is 326 g/mol. The molecule has 0 aliphatic heterocycles. The highest BCUT2D eigenvalue weighted by atomic mass is 16.5. The Labute approximate surface area is 153 Å². The Balaban J connectivity index is 1.79. The van der Waals surface area contributed by atoms with E-state index in [1.165, 1.54) is 12.7 Å². The first-order valence-electron chi connectivity index (χ1n) is 8.89. The zero-order valence-electron chi connectivity index (χ0n) is 15.7. The normalized spacial score (nSPS) is 11.1. The van der Waals surface area contributed by atoms with Gasteiger partial charge in [0.15, 0.2) is 0 Å². The van der Waals surface area contributed by atoms with Gasteiger partial charge in [-0.3, -0.25) is 4.79 Å². The van der Waals surface area contributed by atoms with Crippen LogP contribution in [0, 0.1) is 6.92 Å². The maximum absolute atomic E-state index is 11.4. The number of carbonyl (C=O) groups is 1. The number of methoxy groups -OCH3 is 1. The summed E-state index contributed by atoms with van der Waals surface area (Å²) in [4.78, 5) is 19.3. The lowest BCUT2D eigenvalue weighted by molar-refractivity contribution is -0.140. The minimum absolute atomic E-state index is 0.196. The van der Waals surface area contributed by atoms with Gasteiger partial charge in [-0.2, -0.15) is 0 Å². The molecule has 0 radical (unpaired) electrons. The Bertz CT molecular complexity index is 911. The molecule has 0 atom stereocenters. The highest BCUT2D eigenvalue weighted by Gasteiger charge is 2.09. The molecule has 2 aromatic carbocycles. The highest BCUT2D eigenvalue weighted by molar-refractivity contribution is 5.80. The van der Waals surface area contributed by atoms with Gasteiger partial charge in [-0.05, 0) is 60.2 Å². The smallest absolute Gasteiger partial charge is 0.305 e. The predicted molar refractivity (Wildman–Crippen MR) is 105 cm³/mol. The van der Waals surface area contributed by atoms with Crippen molar-refractivity contribution in [3.63, 3.8) is 0 Å². The molecule has 136 valence electrons. The van der Waals surface area contributed by atoms with E-state index in [1.54, 1.807) is 0 Å². The number of rotatable bonds is 6. The van der Waals surface area contributed by atoms with E-state index in [0.717, 1.165) is 27.8 Å². The van der Waals surface area contributed by atoms with Gasteiger partial charge in [-0.1, -0.05) is 26.0 Å². The number of fused-ring (bicyclic) bond motifs is 1. The Morgan fingerprint density at radius 2 is 1.96 bits per heavy atom. The lowest BCUT2D eigenvalue weighted by Crippen LogP contribution is -2.02. The number of anilines is 2. The number of ether oxygens (including phenoxy) is 1. The van der Waals surface area contributed by atoms with Crippen molar-refractivity contribution in [2.24, 2.45) is 0 Å². The van der Waals surface area contributed by atoms with E-state index in [9.17, 15) is 4.79 Å². The van der Waals surface area contributed by atoms with E-state index in [0.29, 0.717) is 24.7 Å². The Kier molecular flexibility index (Phi) is 5.26. The fraction of sp³-hybridized carbons (Fsp3) is 0.333. The number of imidazole rings is 1. The topological polar surface area (TPSA) is 67.0 Å². The minimum atomic E-state index is -0.196. The Morgan fingerprint density at radius 1 is 1.23 bits per heavy atom. The van der Waals surface area contributed by atoms with Crippen LogP contribution in [-0.4, -0.2) is 23.0 Å². The van der Waals surface area contributed by atoms with Crippen LogP contribution >= 0.6 is 0 Å². The van der Waals surface area contributed by atoms with Gasteiger partial charge in [-0.25, -0.2) is 4.98 Å². The van der Waals surface area contributed by atoms with Gasteiger partial charge in [0.1, 0.15) is 0 Å². The van der Waals surface area contributed by atoms with Crippen LogP contribution in [0.5, 0.6) is 0 Å². The number of esters is 1. The molecule has 0 saturated heterocycles. The first-order valence-corrected chi connectivity index (χ1v) is 8.89. The molecule has 5 nitrogen and oxygen atoms in total. The summed E-state index contributed by atoms with van der Waals surface area (Å²) in [6.07, 6.45) is 1.03. The van der Waals surface area contributed by atoms with Crippen LogP contribution in [-0.2, 0) is 16.0 Å². The summed E-state index contributed by atoms with van der Waals surface area (Å²) < 4.78 is 4.72. The number of aromatic amines is 1. The molecule has 3 rings (SSSR count). The van der Waals surface area contributed by atoms with E-state index in [-0.39, 0.29) is 5.97 Å². The molecule has 0 amide bonds. The molecule has 0 bridgehead atoms. The van der Waals surface area contributed by atoms with Crippen LogP contribution in [0.25, 0.3) is 11.0 Å². The van der Waals surface area contributed by atoms with Crippen molar-refractivity contribution < 1.29 is 9.53 Å². The van der Waals surface area contributed by atoms with E-state index < -0.39 is 0 Å². The lowest BCUT2D eigenvalue weighted by Gasteiger charge is -2.07. The number of nitrogens with zero attached hydrogens (tertiary/aromatic N) is 1. The number of nitrogens with one attached hydrogen (secondary N) is 2. The standard InChI is InChI=1S/C21H25N3O2/c1-13(2)15-5-8-17(9-6-15)22-21-23-18-11-14(3)16(12-19(18)24-21)7-10-20(25)26-4/h5-6,8-9,11-13H,7,10H2,1-4H3,(H2,22,23,24). The van der Waals surface area contributed by atoms with E-state index >= 15 is 0 Å². The monoisotopic (exact) mass is 351 g/mol. The van der Waals surface area contributed by atoms with Crippen molar-refractivity contribution in [3.8, 4) is 0 Å². The first kappa shape index (κ1) is 18.0. The average molecular weight is 351 g/mol. The molecule has 5 heteroatoms. The van der Waals surface area contributed by atoms with Crippen molar-refractivity contribution in [1.82, 2.24) is 9.97 Å². The Morgan fingerprint density at radius 3 is 2.62 bits per heavy atom. The maximum atomic E-state index is 11.4. The zero-order valence-corrected chi connectivity index (χ0v) is 15.7. The molecule has 0 aliphatic carbocycles. The number of hydrogen-bond acceptors (Lipinski definition) is 4. The van der Waals surface area contributed by atoms with Gasteiger partial charge < -0.3 is 15.0 Å². The number of aryl methyl sites for hydroxylation is 2. The third-order valence-corrected chi connectivity index (χ3v) is 4.61. The van der Waals surface area contributed by atoms with Gasteiger partial charge >= 0.3 is 5.97 Å². The number of H-pyrrole nitrogens is 1. The summed E-state index contributed by atoms with van der Waals surface area (Å²) in [7, 11) is 1.41. The van der Waals surface area contributed by atoms with Gasteiger partial charge in [-0.15, -0.1) is 0 Å². The number of carbonyl (C=O) groups excluding carboxylic acids is 1. The molecule has 0 spiro atoms. The van der Waals surface area contributed by atoms with Crippen LogP contribution < -0.4 is 5.32 Å². The summed E-state index contributed by atoms with van der Waals surface area (Å²) >= 11 is 0. The average Bonchev–Trinajstić information content (AvgIpc) is 3.00. The van der Waals surface area contributed by atoms with E-state index in [2.05, 4.69) is 59.5 Å². The second kappa shape index (κ2) is 7.60. The van der Waals surface area contributed by atoms with Crippen molar-refractivity contribution in [3.05, 3.63) is 53.1 Å². The lowest BCUT2D eigenvalue weighted by atomic mass is 10.0. The molecule has 1 aromatic heterocycles. The molecule has 26 heavy (non-hydrogen) atoms. The number of aromatic nitrogens is 2. The highest BCUT2D eigenvalue weighted by Crippen LogP contribution is 2.24. The summed E-state index contributed by atoms with van der Waals surface area (Å²) in [5, 5.41) is 3.32. The van der Waals surface area contributed by atoms with E-state index in [1.807, 2.05) is 13.0 Å². The van der Waals surface area contributed by atoms with E-state index in [4.69, 9.17) is 4.74 Å². The second-order valence-electron chi connectivity index (χ2n) is 6.86. The molecule has 0 saturated carbocycles. The van der Waals surface area contributed by atoms with Crippen LogP contribution in [0.15, 0.2) is 36.4 Å². The predicted octanol–water partition coefficient (Wildman–Crippen LogP) is 4.84.